The van der Waals surface area contributed by atoms with E-state index in [0.717, 1.165) is 18.5 Å². The number of aromatic nitrogens is 1. The number of benzene rings is 1. The summed E-state index contributed by atoms with van der Waals surface area (Å²) in [5.41, 5.74) is 3.72. The summed E-state index contributed by atoms with van der Waals surface area (Å²) >= 11 is 0. The van der Waals surface area contributed by atoms with Crippen LogP contribution in [0, 0.1) is 5.92 Å². The summed E-state index contributed by atoms with van der Waals surface area (Å²) in [6, 6.07) is 8.48. The number of fused-ring (bicyclic) bond motifs is 3. The number of aromatic amines is 1. The molecule has 0 radical (unpaired) electrons. The standard InChI is InChI=1S/C16H20N2O2/c1-10(2)16-15-12(7-8-18(16)9-14(19)20)11-5-3-4-6-13(11)17-15/h3-6,10,16-17H,7-9H2,1-2H3,(H,19,20). The van der Waals surface area contributed by atoms with E-state index in [2.05, 4.69) is 41.9 Å². The number of nitrogens with one attached hydrogen (secondary N) is 1. The molecule has 0 bridgehead atoms. The van der Waals surface area contributed by atoms with Gasteiger partial charge >= 0.3 is 5.97 Å². The van der Waals surface area contributed by atoms with Gasteiger partial charge in [0, 0.05) is 23.1 Å². The van der Waals surface area contributed by atoms with E-state index in [4.69, 9.17) is 5.11 Å². The van der Waals surface area contributed by atoms with Crippen LogP contribution in [0.3, 0.4) is 0 Å². The number of para-hydroxylation sites is 1. The van der Waals surface area contributed by atoms with Crippen molar-refractivity contribution in [1.29, 1.82) is 0 Å². The Morgan fingerprint density at radius 1 is 1.45 bits per heavy atom. The zero-order chi connectivity index (χ0) is 14.3. The monoisotopic (exact) mass is 272 g/mol. The van der Waals surface area contributed by atoms with Crippen molar-refractivity contribution in [2.24, 2.45) is 5.92 Å². The van der Waals surface area contributed by atoms with E-state index in [0.29, 0.717) is 5.92 Å². The van der Waals surface area contributed by atoms with Crippen molar-refractivity contribution in [3.8, 4) is 0 Å². The summed E-state index contributed by atoms with van der Waals surface area (Å²) in [5.74, 6) is -0.378. The second-order valence-corrected chi connectivity index (χ2v) is 5.87. The Morgan fingerprint density at radius 3 is 2.90 bits per heavy atom. The first kappa shape index (κ1) is 13.2. The maximum absolute atomic E-state index is 11.1. The summed E-state index contributed by atoms with van der Waals surface area (Å²) in [7, 11) is 0. The third-order valence-corrected chi connectivity index (χ3v) is 4.15. The quantitative estimate of drug-likeness (QED) is 0.903. The number of carbonyl (C=O) groups is 1. The van der Waals surface area contributed by atoms with E-state index in [1.54, 1.807) is 0 Å². The Hall–Kier alpha value is -1.81. The molecule has 20 heavy (non-hydrogen) atoms. The molecule has 2 N–H and O–H groups in total. The second-order valence-electron chi connectivity index (χ2n) is 5.87. The van der Waals surface area contributed by atoms with E-state index in [-0.39, 0.29) is 12.6 Å². The lowest BCUT2D eigenvalue weighted by Gasteiger charge is -2.37. The molecule has 0 amide bonds. The molecule has 0 aliphatic carbocycles. The van der Waals surface area contributed by atoms with Gasteiger partial charge in [-0.1, -0.05) is 32.0 Å². The van der Waals surface area contributed by atoms with Crippen LogP contribution in [0.25, 0.3) is 10.9 Å². The largest absolute Gasteiger partial charge is 0.480 e. The summed E-state index contributed by atoms with van der Waals surface area (Å²) in [4.78, 5) is 16.7. The summed E-state index contributed by atoms with van der Waals surface area (Å²) in [6.45, 7) is 5.22. The fourth-order valence-electron chi connectivity index (χ4n) is 3.43. The van der Waals surface area contributed by atoms with Crippen molar-refractivity contribution in [1.82, 2.24) is 9.88 Å². The molecular formula is C16H20N2O2. The third-order valence-electron chi connectivity index (χ3n) is 4.15. The highest BCUT2D eigenvalue weighted by Gasteiger charge is 2.33. The lowest BCUT2D eigenvalue weighted by Crippen LogP contribution is -2.41. The van der Waals surface area contributed by atoms with Crippen LogP contribution in [0.1, 0.15) is 31.1 Å². The van der Waals surface area contributed by atoms with E-state index >= 15 is 0 Å². The number of hydrogen-bond acceptors (Lipinski definition) is 2. The molecular weight excluding hydrogens is 252 g/mol. The van der Waals surface area contributed by atoms with Crippen LogP contribution in [-0.4, -0.2) is 34.0 Å². The first-order valence-corrected chi connectivity index (χ1v) is 7.13. The number of carboxylic acid groups (broad SMARTS) is 1. The molecule has 0 saturated carbocycles. The van der Waals surface area contributed by atoms with Crippen molar-refractivity contribution in [3.05, 3.63) is 35.5 Å². The Labute approximate surface area is 118 Å². The highest BCUT2D eigenvalue weighted by molar-refractivity contribution is 5.85. The second kappa shape index (κ2) is 4.94. The molecule has 106 valence electrons. The van der Waals surface area contributed by atoms with Gasteiger partial charge < -0.3 is 10.1 Å². The molecule has 1 atom stereocenters. The Kier molecular flexibility index (Phi) is 3.26. The van der Waals surface area contributed by atoms with Gasteiger partial charge in [0.25, 0.3) is 0 Å². The van der Waals surface area contributed by atoms with Crippen LogP contribution in [0.4, 0.5) is 0 Å². The van der Waals surface area contributed by atoms with Gasteiger partial charge in [-0.15, -0.1) is 0 Å². The molecule has 1 aromatic heterocycles. The molecule has 3 rings (SSSR count). The van der Waals surface area contributed by atoms with Crippen molar-refractivity contribution >= 4 is 16.9 Å². The van der Waals surface area contributed by atoms with Gasteiger partial charge in [-0.3, -0.25) is 9.69 Å². The van der Waals surface area contributed by atoms with Gasteiger partial charge in [0.1, 0.15) is 0 Å². The fraction of sp³-hybridized carbons (Fsp3) is 0.438. The molecule has 2 heterocycles. The molecule has 0 fully saturated rings. The van der Waals surface area contributed by atoms with Crippen LogP contribution in [0.2, 0.25) is 0 Å². The molecule has 1 aliphatic heterocycles. The first-order chi connectivity index (χ1) is 9.58. The molecule has 1 unspecified atom stereocenters. The van der Waals surface area contributed by atoms with Crippen LogP contribution in [0.5, 0.6) is 0 Å². The van der Waals surface area contributed by atoms with E-state index in [1.807, 2.05) is 6.07 Å². The zero-order valence-electron chi connectivity index (χ0n) is 11.9. The van der Waals surface area contributed by atoms with Gasteiger partial charge in [-0.25, -0.2) is 0 Å². The minimum atomic E-state index is -0.754. The molecule has 1 aromatic carbocycles. The SMILES string of the molecule is CC(C)C1c2[nH]c3ccccc3c2CCN1CC(=O)O. The number of rotatable bonds is 3. The number of hydrogen-bond donors (Lipinski definition) is 2. The van der Waals surface area contributed by atoms with Crippen molar-refractivity contribution < 1.29 is 9.90 Å². The van der Waals surface area contributed by atoms with Crippen molar-refractivity contribution in [3.63, 3.8) is 0 Å². The van der Waals surface area contributed by atoms with Crippen LogP contribution >= 0.6 is 0 Å². The molecule has 0 saturated heterocycles. The van der Waals surface area contributed by atoms with Crippen LogP contribution in [0.15, 0.2) is 24.3 Å². The minimum Gasteiger partial charge on any atom is -0.480 e. The Morgan fingerprint density at radius 2 is 2.20 bits per heavy atom. The lowest BCUT2D eigenvalue weighted by atomic mass is 9.90. The van der Waals surface area contributed by atoms with Crippen LogP contribution < -0.4 is 0 Å². The average Bonchev–Trinajstić information content (AvgIpc) is 2.75. The Balaban J connectivity index is 2.08. The van der Waals surface area contributed by atoms with E-state index in [9.17, 15) is 4.79 Å². The number of aliphatic carboxylic acids is 1. The molecule has 2 aromatic rings. The van der Waals surface area contributed by atoms with Crippen LogP contribution in [-0.2, 0) is 11.2 Å². The topological polar surface area (TPSA) is 56.3 Å². The third kappa shape index (κ3) is 2.10. The van der Waals surface area contributed by atoms with Crippen molar-refractivity contribution in [2.75, 3.05) is 13.1 Å². The average molecular weight is 272 g/mol. The number of nitrogens with zero attached hydrogens (tertiary/aromatic N) is 1. The summed E-state index contributed by atoms with van der Waals surface area (Å²) in [6.07, 6.45) is 0.913. The van der Waals surface area contributed by atoms with Gasteiger partial charge in [-0.2, -0.15) is 0 Å². The first-order valence-electron chi connectivity index (χ1n) is 7.13. The smallest absolute Gasteiger partial charge is 0.317 e. The van der Waals surface area contributed by atoms with Gasteiger partial charge in [0.15, 0.2) is 0 Å². The highest BCUT2D eigenvalue weighted by atomic mass is 16.4. The zero-order valence-corrected chi connectivity index (χ0v) is 11.9. The predicted molar refractivity (Wildman–Crippen MR) is 78.8 cm³/mol. The number of carboxylic acids is 1. The molecule has 4 nitrogen and oxygen atoms in total. The normalized spacial score (nSPS) is 19.4. The van der Waals surface area contributed by atoms with E-state index in [1.165, 1.54) is 16.6 Å². The Bertz CT molecular complexity index is 645. The predicted octanol–water partition coefficient (Wildman–Crippen LogP) is 2.81. The highest BCUT2D eigenvalue weighted by Crippen LogP contribution is 2.38. The maximum atomic E-state index is 11.1. The lowest BCUT2D eigenvalue weighted by molar-refractivity contribution is -0.139. The summed E-state index contributed by atoms with van der Waals surface area (Å²) in [5, 5.41) is 10.4. The van der Waals surface area contributed by atoms with E-state index < -0.39 is 5.97 Å². The summed E-state index contributed by atoms with van der Waals surface area (Å²) < 4.78 is 0. The van der Waals surface area contributed by atoms with Crippen molar-refractivity contribution in [2.45, 2.75) is 26.3 Å². The maximum Gasteiger partial charge on any atom is 0.317 e. The van der Waals surface area contributed by atoms with Gasteiger partial charge in [0.2, 0.25) is 0 Å². The molecule has 4 heteroatoms. The minimum absolute atomic E-state index is 0.109. The van der Waals surface area contributed by atoms with Gasteiger partial charge in [0.05, 0.1) is 12.6 Å². The van der Waals surface area contributed by atoms with Gasteiger partial charge in [-0.05, 0) is 24.0 Å². The fourth-order valence-corrected chi connectivity index (χ4v) is 3.43. The molecule has 1 aliphatic rings. The molecule has 0 spiro atoms. The number of H-pyrrole nitrogens is 1.